The first kappa shape index (κ1) is 20.0. The zero-order valence-electron chi connectivity index (χ0n) is 17.3. The van der Waals surface area contributed by atoms with E-state index in [1.807, 2.05) is 30.4 Å². The number of fused-ring (bicyclic) bond motifs is 1. The Kier molecular flexibility index (Phi) is 5.50. The van der Waals surface area contributed by atoms with E-state index in [9.17, 15) is 9.50 Å². The zero-order chi connectivity index (χ0) is 21.3. The number of aromatic nitrogens is 5. The zero-order valence-corrected chi connectivity index (χ0v) is 17.3. The Hall–Kier alpha value is -3.26. The van der Waals surface area contributed by atoms with Gasteiger partial charge in [-0.1, -0.05) is 6.07 Å². The minimum atomic E-state index is -0.270. The summed E-state index contributed by atoms with van der Waals surface area (Å²) in [7, 11) is 1.55. The van der Waals surface area contributed by atoms with Gasteiger partial charge in [-0.05, 0) is 51.0 Å². The normalized spacial score (nSPS) is 11.4. The molecule has 0 atom stereocenters. The van der Waals surface area contributed by atoms with Gasteiger partial charge in [-0.15, -0.1) is 10.2 Å². The van der Waals surface area contributed by atoms with Crippen LogP contribution in [0.4, 0.5) is 4.39 Å². The number of nitrogens with zero attached hydrogens (tertiary/aromatic N) is 5. The average molecular weight is 409 g/mol. The maximum Gasteiger partial charge on any atom is 0.168 e. The van der Waals surface area contributed by atoms with Gasteiger partial charge in [0.1, 0.15) is 17.9 Å². The highest BCUT2D eigenvalue weighted by molar-refractivity contribution is 5.80. The number of aliphatic hydroxyl groups excluding tert-OH is 1. The second-order valence-electron chi connectivity index (χ2n) is 7.18. The first-order valence-corrected chi connectivity index (χ1v) is 9.83. The number of methoxy groups -OCH3 is 1. The summed E-state index contributed by atoms with van der Waals surface area (Å²) in [5.41, 5.74) is 6.01. The van der Waals surface area contributed by atoms with Gasteiger partial charge in [-0.3, -0.25) is 9.08 Å². The molecule has 3 aromatic heterocycles. The molecular formula is C22H24FN5O2. The molecule has 0 spiro atoms. The van der Waals surface area contributed by atoms with E-state index in [2.05, 4.69) is 15.3 Å². The second kappa shape index (κ2) is 8.23. The molecule has 0 bridgehead atoms. The van der Waals surface area contributed by atoms with Crippen molar-refractivity contribution < 1.29 is 14.2 Å². The van der Waals surface area contributed by atoms with Crippen LogP contribution < -0.4 is 4.74 Å². The van der Waals surface area contributed by atoms with Crippen LogP contribution in [0.15, 0.2) is 36.7 Å². The van der Waals surface area contributed by atoms with E-state index >= 15 is 0 Å². The number of aryl methyl sites for hydroxylation is 2. The Morgan fingerprint density at radius 1 is 1.13 bits per heavy atom. The number of hydrogen-bond acceptors (Lipinski definition) is 5. The van der Waals surface area contributed by atoms with Gasteiger partial charge in [0.15, 0.2) is 5.65 Å². The largest absolute Gasteiger partial charge is 0.496 e. The standard InChI is InChI=1S/C22H24FN5O2/c1-14-21(15(2)28(26-14)11-12-29)18-10-8-16(27-13-24-25-22(18)27)7-9-17-19(23)5-4-6-20(17)30-3/h4-6,8,10,13,29H,7,9,11-12H2,1-3H3. The predicted octanol–water partition coefficient (Wildman–Crippen LogP) is 3.13. The van der Waals surface area contributed by atoms with Gasteiger partial charge in [0.05, 0.1) is 26.0 Å². The van der Waals surface area contributed by atoms with E-state index in [0.29, 0.717) is 30.7 Å². The topological polar surface area (TPSA) is 77.5 Å². The first-order chi connectivity index (χ1) is 14.5. The molecule has 0 saturated carbocycles. The molecule has 156 valence electrons. The van der Waals surface area contributed by atoms with Crippen LogP contribution >= 0.6 is 0 Å². The van der Waals surface area contributed by atoms with E-state index in [-0.39, 0.29) is 12.4 Å². The SMILES string of the molecule is COc1cccc(F)c1CCc1ccc(-c2c(C)nn(CCO)c2C)c2nncn12. The number of ether oxygens (including phenoxy) is 1. The maximum atomic E-state index is 14.3. The van der Waals surface area contributed by atoms with Crippen LogP contribution in [0, 0.1) is 19.7 Å². The van der Waals surface area contributed by atoms with Crippen molar-refractivity contribution in [1.29, 1.82) is 0 Å². The molecule has 0 aliphatic carbocycles. The van der Waals surface area contributed by atoms with Crippen molar-refractivity contribution in [2.75, 3.05) is 13.7 Å². The molecule has 4 aromatic rings. The summed E-state index contributed by atoms with van der Waals surface area (Å²) < 4.78 is 23.3. The van der Waals surface area contributed by atoms with Crippen LogP contribution in [0.3, 0.4) is 0 Å². The van der Waals surface area contributed by atoms with E-state index in [4.69, 9.17) is 4.74 Å². The third-order valence-corrected chi connectivity index (χ3v) is 5.43. The number of benzene rings is 1. The van der Waals surface area contributed by atoms with Crippen molar-refractivity contribution in [1.82, 2.24) is 24.4 Å². The lowest BCUT2D eigenvalue weighted by Gasteiger charge is -2.12. The summed E-state index contributed by atoms with van der Waals surface area (Å²) in [5, 5.41) is 22.2. The van der Waals surface area contributed by atoms with Crippen molar-refractivity contribution in [3.63, 3.8) is 0 Å². The summed E-state index contributed by atoms with van der Waals surface area (Å²) in [5.74, 6) is 0.280. The van der Waals surface area contributed by atoms with E-state index < -0.39 is 0 Å². The minimum absolute atomic E-state index is 0.0280. The minimum Gasteiger partial charge on any atom is -0.496 e. The van der Waals surface area contributed by atoms with Crippen molar-refractivity contribution in [2.45, 2.75) is 33.2 Å². The number of rotatable bonds is 7. The number of pyridine rings is 1. The van der Waals surface area contributed by atoms with Crippen molar-refractivity contribution >= 4 is 5.65 Å². The highest BCUT2D eigenvalue weighted by Crippen LogP contribution is 2.31. The van der Waals surface area contributed by atoms with Gasteiger partial charge in [-0.2, -0.15) is 5.10 Å². The molecule has 0 aliphatic heterocycles. The van der Waals surface area contributed by atoms with Crippen LogP contribution in [0.25, 0.3) is 16.8 Å². The molecule has 7 nitrogen and oxygen atoms in total. The summed E-state index contributed by atoms with van der Waals surface area (Å²) >= 11 is 0. The van der Waals surface area contributed by atoms with Crippen LogP contribution in [0.1, 0.15) is 22.6 Å². The third kappa shape index (κ3) is 3.43. The number of hydrogen-bond donors (Lipinski definition) is 1. The molecular weight excluding hydrogens is 385 g/mol. The molecule has 1 N–H and O–H groups in total. The quantitative estimate of drug-likeness (QED) is 0.507. The Bertz CT molecular complexity index is 1200. The van der Waals surface area contributed by atoms with Crippen molar-refractivity contribution in [2.24, 2.45) is 0 Å². The van der Waals surface area contributed by atoms with E-state index in [1.54, 1.807) is 30.3 Å². The molecule has 0 unspecified atom stereocenters. The molecule has 3 heterocycles. The van der Waals surface area contributed by atoms with Crippen LogP contribution in [0.5, 0.6) is 5.75 Å². The molecule has 0 radical (unpaired) electrons. The van der Waals surface area contributed by atoms with Gasteiger partial charge in [0.25, 0.3) is 0 Å². The Labute approximate surface area is 173 Å². The van der Waals surface area contributed by atoms with Gasteiger partial charge >= 0.3 is 0 Å². The van der Waals surface area contributed by atoms with Gasteiger partial charge in [-0.25, -0.2) is 4.39 Å². The maximum absolute atomic E-state index is 14.3. The third-order valence-electron chi connectivity index (χ3n) is 5.43. The molecule has 0 saturated heterocycles. The second-order valence-corrected chi connectivity index (χ2v) is 7.18. The number of halogens is 1. The molecule has 1 aromatic carbocycles. The smallest absolute Gasteiger partial charge is 0.168 e. The highest BCUT2D eigenvalue weighted by Gasteiger charge is 2.18. The molecule has 4 rings (SSSR count). The van der Waals surface area contributed by atoms with Crippen LogP contribution in [-0.2, 0) is 19.4 Å². The molecule has 30 heavy (non-hydrogen) atoms. The van der Waals surface area contributed by atoms with Gasteiger partial charge in [0, 0.05) is 28.1 Å². The highest BCUT2D eigenvalue weighted by atomic mass is 19.1. The monoisotopic (exact) mass is 409 g/mol. The molecule has 0 aliphatic rings. The average Bonchev–Trinajstić information content (AvgIpc) is 3.33. The Morgan fingerprint density at radius 2 is 1.97 bits per heavy atom. The Balaban J connectivity index is 1.71. The fraction of sp³-hybridized carbons (Fsp3) is 0.318. The van der Waals surface area contributed by atoms with Crippen molar-refractivity contribution in [3.8, 4) is 16.9 Å². The molecule has 0 fully saturated rings. The summed E-state index contributed by atoms with van der Waals surface area (Å²) in [4.78, 5) is 0. The van der Waals surface area contributed by atoms with Crippen LogP contribution in [0.2, 0.25) is 0 Å². The summed E-state index contributed by atoms with van der Waals surface area (Å²) in [6, 6.07) is 8.89. The van der Waals surface area contributed by atoms with E-state index in [1.165, 1.54) is 6.07 Å². The summed E-state index contributed by atoms with van der Waals surface area (Å²) in [6.45, 7) is 4.40. The fourth-order valence-corrected chi connectivity index (χ4v) is 3.99. The predicted molar refractivity (Wildman–Crippen MR) is 111 cm³/mol. The molecule has 8 heteroatoms. The lowest BCUT2D eigenvalue weighted by atomic mass is 10.0. The van der Waals surface area contributed by atoms with Crippen LogP contribution in [-0.4, -0.2) is 43.2 Å². The molecule has 0 amide bonds. The lowest BCUT2D eigenvalue weighted by Crippen LogP contribution is -2.06. The fourth-order valence-electron chi connectivity index (χ4n) is 3.99. The Morgan fingerprint density at radius 3 is 2.73 bits per heavy atom. The lowest BCUT2D eigenvalue weighted by molar-refractivity contribution is 0.268. The van der Waals surface area contributed by atoms with Crippen molar-refractivity contribution in [3.05, 3.63) is 65.1 Å². The number of aliphatic hydroxyl groups is 1. The van der Waals surface area contributed by atoms with Gasteiger partial charge < -0.3 is 9.84 Å². The summed E-state index contributed by atoms with van der Waals surface area (Å²) in [6.07, 6.45) is 2.78. The van der Waals surface area contributed by atoms with Gasteiger partial charge in [0.2, 0.25) is 0 Å². The first-order valence-electron chi connectivity index (χ1n) is 9.83. The van der Waals surface area contributed by atoms with E-state index in [0.717, 1.165) is 33.9 Å².